The number of pyridine rings is 1. The SMILES string of the molecule is CC1=CCC(=O)C(c2cc(C)cc(CC(=O)C3(c4ccc5c(c4)OC(F)(F)O5)CC3)n2)=C1. The smallest absolute Gasteiger partial charge is 0.395 e. The van der Waals surface area contributed by atoms with Gasteiger partial charge in [0, 0.05) is 24.1 Å². The Hall–Kier alpha value is -3.35. The van der Waals surface area contributed by atoms with Crippen LogP contribution in [0.15, 0.2) is 48.1 Å². The molecule has 2 aliphatic carbocycles. The number of rotatable bonds is 5. The Kier molecular flexibility index (Phi) is 4.55. The van der Waals surface area contributed by atoms with Gasteiger partial charge in [-0.1, -0.05) is 17.7 Å². The molecule has 1 aromatic carbocycles. The number of alkyl halides is 2. The van der Waals surface area contributed by atoms with E-state index in [0.29, 0.717) is 41.8 Å². The van der Waals surface area contributed by atoms with Crippen LogP contribution in [-0.2, 0) is 21.4 Å². The first kappa shape index (κ1) is 20.5. The molecular weight excluding hydrogens is 416 g/mol. The van der Waals surface area contributed by atoms with Gasteiger partial charge in [-0.2, -0.15) is 0 Å². The quantitative estimate of drug-likeness (QED) is 0.669. The largest absolute Gasteiger partial charge is 0.586 e. The van der Waals surface area contributed by atoms with Gasteiger partial charge in [-0.15, -0.1) is 8.78 Å². The number of fused-ring (bicyclic) bond motifs is 1. The lowest BCUT2D eigenvalue weighted by Crippen LogP contribution is -2.26. The lowest BCUT2D eigenvalue weighted by atomic mass is 9.88. The number of Topliss-reactive ketones (excluding diaryl/α,β-unsaturated/α-hetero) is 2. The number of allylic oxidation sites excluding steroid dienone is 4. The van der Waals surface area contributed by atoms with Gasteiger partial charge >= 0.3 is 6.29 Å². The lowest BCUT2D eigenvalue weighted by Gasteiger charge is -2.16. The molecule has 2 heterocycles. The average Bonchev–Trinajstić information content (AvgIpc) is 3.46. The van der Waals surface area contributed by atoms with Gasteiger partial charge in [0.2, 0.25) is 0 Å². The van der Waals surface area contributed by atoms with Gasteiger partial charge in [-0.3, -0.25) is 14.6 Å². The zero-order chi connectivity index (χ0) is 22.7. The van der Waals surface area contributed by atoms with Gasteiger partial charge in [0.15, 0.2) is 17.3 Å². The van der Waals surface area contributed by atoms with Crippen LogP contribution in [0.5, 0.6) is 11.5 Å². The molecule has 1 aromatic heterocycles. The maximum Gasteiger partial charge on any atom is 0.586 e. The van der Waals surface area contributed by atoms with Crippen LogP contribution in [0, 0.1) is 6.92 Å². The van der Waals surface area contributed by atoms with Crippen LogP contribution in [0.4, 0.5) is 8.78 Å². The Labute approximate surface area is 183 Å². The fraction of sp³-hybridized carbons (Fsp3) is 0.320. The second-order valence-corrected chi connectivity index (χ2v) is 8.67. The fourth-order valence-electron chi connectivity index (χ4n) is 4.35. The molecule has 0 bridgehead atoms. The van der Waals surface area contributed by atoms with E-state index in [1.54, 1.807) is 6.07 Å². The molecule has 5 rings (SSSR count). The van der Waals surface area contributed by atoms with Crippen LogP contribution in [0.3, 0.4) is 0 Å². The van der Waals surface area contributed by atoms with Crippen molar-refractivity contribution in [2.45, 2.75) is 51.2 Å². The molecule has 2 aromatic rings. The zero-order valence-corrected chi connectivity index (χ0v) is 17.7. The van der Waals surface area contributed by atoms with E-state index in [-0.39, 0.29) is 29.5 Å². The second kappa shape index (κ2) is 7.08. The molecule has 0 atom stereocenters. The van der Waals surface area contributed by atoms with Crippen molar-refractivity contribution in [2.75, 3.05) is 0 Å². The molecule has 3 aliphatic rings. The van der Waals surface area contributed by atoms with Gasteiger partial charge in [0.25, 0.3) is 0 Å². The van der Waals surface area contributed by atoms with Crippen molar-refractivity contribution in [3.05, 3.63) is 70.6 Å². The van der Waals surface area contributed by atoms with Gasteiger partial charge < -0.3 is 9.47 Å². The highest BCUT2D eigenvalue weighted by molar-refractivity contribution is 6.22. The van der Waals surface area contributed by atoms with Crippen molar-refractivity contribution in [1.29, 1.82) is 0 Å². The number of ketones is 2. The number of carbonyl (C=O) groups excluding carboxylic acids is 2. The molecule has 0 amide bonds. The van der Waals surface area contributed by atoms with Gasteiger partial charge in [0.05, 0.1) is 11.1 Å². The molecule has 1 fully saturated rings. The minimum atomic E-state index is -3.69. The molecule has 0 unspecified atom stereocenters. The number of ether oxygens (including phenoxy) is 2. The number of halogens is 2. The highest BCUT2D eigenvalue weighted by Gasteiger charge is 2.52. The van der Waals surface area contributed by atoms with E-state index in [0.717, 1.165) is 11.1 Å². The minimum Gasteiger partial charge on any atom is -0.395 e. The molecule has 1 aliphatic heterocycles. The van der Waals surface area contributed by atoms with E-state index < -0.39 is 11.7 Å². The zero-order valence-electron chi connectivity index (χ0n) is 17.7. The number of nitrogens with zero attached hydrogens (tertiary/aromatic N) is 1. The van der Waals surface area contributed by atoms with Crippen LogP contribution in [0.1, 0.15) is 48.7 Å². The Balaban J connectivity index is 1.41. The summed E-state index contributed by atoms with van der Waals surface area (Å²) in [6, 6.07) is 8.22. The van der Waals surface area contributed by atoms with Crippen molar-refractivity contribution in [3.8, 4) is 11.5 Å². The van der Waals surface area contributed by atoms with Crippen LogP contribution >= 0.6 is 0 Å². The number of aromatic nitrogens is 1. The first-order chi connectivity index (χ1) is 15.1. The average molecular weight is 437 g/mol. The number of aryl methyl sites for hydroxylation is 1. The summed E-state index contributed by atoms with van der Waals surface area (Å²) in [5, 5.41) is 0. The first-order valence-electron chi connectivity index (χ1n) is 10.5. The normalized spacial score (nSPS) is 19.9. The summed E-state index contributed by atoms with van der Waals surface area (Å²) in [6.07, 6.45) is 1.71. The summed E-state index contributed by atoms with van der Waals surface area (Å²) in [5.41, 5.74) is 3.53. The molecule has 0 spiro atoms. The van der Waals surface area contributed by atoms with Crippen LogP contribution in [-0.4, -0.2) is 22.8 Å². The minimum absolute atomic E-state index is 0.00167. The van der Waals surface area contributed by atoms with E-state index in [1.165, 1.54) is 12.1 Å². The van der Waals surface area contributed by atoms with Crippen molar-refractivity contribution < 1.29 is 27.8 Å². The van der Waals surface area contributed by atoms with Crippen molar-refractivity contribution in [2.24, 2.45) is 0 Å². The molecule has 0 N–H and O–H groups in total. The number of hydrogen-bond acceptors (Lipinski definition) is 5. The fourth-order valence-corrected chi connectivity index (χ4v) is 4.35. The molecular formula is C25H21F2NO4. The third-order valence-electron chi connectivity index (χ3n) is 6.16. The van der Waals surface area contributed by atoms with E-state index in [2.05, 4.69) is 14.5 Å². The topological polar surface area (TPSA) is 65.5 Å². The lowest BCUT2D eigenvalue weighted by molar-refractivity contribution is -0.286. The third kappa shape index (κ3) is 3.61. The van der Waals surface area contributed by atoms with E-state index in [1.807, 2.05) is 38.1 Å². The highest BCUT2D eigenvalue weighted by Crippen LogP contribution is 2.52. The number of carbonyl (C=O) groups is 2. The van der Waals surface area contributed by atoms with Gasteiger partial charge in [-0.25, -0.2) is 0 Å². The Morgan fingerprint density at radius 1 is 1.09 bits per heavy atom. The summed E-state index contributed by atoms with van der Waals surface area (Å²) in [6.45, 7) is 3.84. The third-order valence-corrected chi connectivity index (χ3v) is 6.16. The summed E-state index contributed by atoms with van der Waals surface area (Å²) in [5.74, 6) is -0.135. The summed E-state index contributed by atoms with van der Waals surface area (Å²) < 4.78 is 35.7. The van der Waals surface area contributed by atoms with Crippen molar-refractivity contribution >= 4 is 17.1 Å². The Morgan fingerprint density at radius 2 is 1.84 bits per heavy atom. The molecule has 5 nitrogen and oxygen atoms in total. The summed E-state index contributed by atoms with van der Waals surface area (Å²) >= 11 is 0. The standard InChI is InChI=1S/C25H21F2NO4/c1-14-3-5-20(29)18(10-14)19-11-15(2)9-17(28-19)13-23(30)24(7-8-24)16-4-6-21-22(12-16)32-25(26,27)31-21/h3-4,6,9-12H,5,7-8,13H2,1-2H3. The molecule has 7 heteroatoms. The predicted octanol–water partition coefficient (Wildman–Crippen LogP) is 4.86. The maximum atomic E-state index is 13.4. The summed E-state index contributed by atoms with van der Waals surface area (Å²) in [7, 11) is 0. The Morgan fingerprint density at radius 3 is 2.59 bits per heavy atom. The second-order valence-electron chi connectivity index (χ2n) is 8.67. The molecule has 1 saturated carbocycles. The summed E-state index contributed by atoms with van der Waals surface area (Å²) in [4.78, 5) is 30.3. The predicted molar refractivity (Wildman–Crippen MR) is 113 cm³/mol. The van der Waals surface area contributed by atoms with E-state index in [9.17, 15) is 18.4 Å². The van der Waals surface area contributed by atoms with E-state index in [4.69, 9.17) is 0 Å². The van der Waals surface area contributed by atoms with Crippen molar-refractivity contribution in [1.82, 2.24) is 4.98 Å². The van der Waals surface area contributed by atoms with Crippen molar-refractivity contribution in [3.63, 3.8) is 0 Å². The van der Waals surface area contributed by atoms with Gasteiger partial charge in [0.1, 0.15) is 5.78 Å². The van der Waals surface area contributed by atoms with Gasteiger partial charge in [-0.05, 0) is 68.2 Å². The molecule has 164 valence electrons. The van der Waals surface area contributed by atoms with Crippen LogP contribution in [0.25, 0.3) is 5.57 Å². The maximum absolute atomic E-state index is 13.4. The molecule has 0 saturated heterocycles. The molecule has 0 radical (unpaired) electrons. The van der Waals surface area contributed by atoms with E-state index >= 15 is 0 Å². The van der Waals surface area contributed by atoms with Crippen LogP contribution in [0.2, 0.25) is 0 Å². The molecule has 32 heavy (non-hydrogen) atoms. The monoisotopic (exact) mass is 437 g/mol. The highest BCUT2D eigenvalue weighted by atomic mass is 19.3. The first-order valence-corrected chi connectivity index (χ1v) is 10.5. The Bertz CT molecular complexity index is 1220. The number of benzene rings is 1. The van der Waals surface area contributed by atoms with Crippen LogP contribution < -0.4 is 9.47 Å². The number of hydrogen-bond donors (Lipinski definition) is 0.